The number of rotatable bonds is 7. The van der Waals surface area contributed by atoms with Crippen LogP contribution in [0.1, 0.15) is 32.3 Å². The third kappa shape index (κ3) is 4.01. The van der Waals surface area contributed by atoms with Crippen molar-refractivity contribution in [3.05, 3.63) is 29.8 Å². The minimum atomic E-state index is -0.735. The minimum absolute atomic E-state index is 0.108. The van der Waals surface area contributed by atoms with Crippen LogP contribution in [0.15, 0.2) is 24.3 Å². The molecule has 23 heavy (non-hydrogen) atoms. The van der Waals surface area contributed by atoms with Crippen molar-refractivity contribution in [2.45, 2.75) is 39.2 Å². The molecular formula is C17H24N2O4. The molecule has 0 radical (unpaired) electrons. The number of nitrogens with one attached hydrogen (secondary N) is 2. The Balaban J connectivity index is 2.03. The van der Waals surface area contributed by atoms with Gasteiger partial charge in [-0.3, -0.25) is 14.8 Å². The largest absolute Gasteiger partial charge is 0.497 e. The predicted octanol–water partition coefficient (Wildman–Crippen LogP) is 1.66. The molecule has 0 saturated heterocycles. The van der Waals surface area contributed by atoms with Crippen molar-refractivity contribution in [2.75, 3.05) is 7.11 Å². The summed E-state index contributed by atoms with van der Waals surface area (Å²) in [4.78, 5) is 24.3. The Morgan fingerprint density at radius 3 is 2.30 bits per heavy atom. The number of methoxy groups -OCH3 is 1. The first-order valence-corrected chi connectivity index (χ1v) is 7.80. The molecule has 0 heterocycles. The number of ether oxygens (including phenoxy) is 1. The van der Waals surface area contributed by atoms with Gasteiger partial charge in [-0.25, -0.2) is 5.48 Å². The summed E-state index contributed by atoms with van der Waals surface area (Å²) < 4.78 is 5.13. The minimum Gasteiger partial charge on any atom is -0.497 e. The lowest BCUT2D eigenvalue weighted by Gasteiger charge is -2.23. The summed E-state index contributed by atoms with van der Waals surface area (Å²) in [6, 6.07) is 6.92. The van der Waals surface area contributed by atoms with Gasteiger partial charge in [0.15, 0.2) is 0 Å². The van der Waals surface area contributed by atoms with Crippen LogP contribution in [0.5, 0.6) is 5.75 Å². The Morgan fingerprint density at radius 2 is 1.87 bits per heavy atom. The zero-order valence-electron chi connectivity index (χ0n) is 13.8. The molecule has 2 amide bonds. The Labute approximate surface area is 136 Å². The van der Waals surface area contributed by atoms with Crippen molar-refractivity contribution >= 4 is 11.8 Å². The van der Waals surface area contributed by atoms with E-state index in [0.29, 0.717) is 6.42 Å². The fraction of sp³-hybridized carbons (Fsp3) is 0.529. The molecule has 0 spiro atoms. The maximum Gasteiger partial charge on any atom is 0.266 e. The molecule has 126 valence electrons. The zero-order valence-corrected chi connectivity index (χ0v) is 13.8. The molecule has 1 aliphatic rings. The van der Waals surface area contributed by atoms with E-state index >= 15 is 0 Å². The Hall–Kier alpha value is -2.08. The van der Waals surface area contributed by atoms with Crippen LogP contribution in [0.2, 0.25) is 0 Å². The fourth-order valence-electron chi connectivity index (χ4n) is 2.67. The molecule has 1 unspecified atom stereocenters. The van der Waals surface area contributed by atoms with Gasteiger partial charge in [-0.05, 0) is 42.9 Å². The summed E-state index contributed by atoms with van der Waals surface area (Å²) in [7, 11) is 1.61. The van der Waals surface area contributed by atoms with E-state index in [0.717, 1.165) is 24.2 Å². The highest BCUT2D eigenvalue weighted by Crippen LogP contribution is 2.48. The van der Waals surface area contributed by atoms with Crippen molar-refractivity contribution in [2.24, 2.45) is 11.3 Å². The lowest BCUT2D eigenvalue weighted by molar-refractivity contribution is -0.137. The van der Waals surface area contributed by atoms with Crippen LogP contribution in [0, 0.1) is 11.3 Å². The Morgan fingerprint density at radius 1 is 1.26 bits per heavy atom. The van der Waals surface area contributed by atoms with Crippen molar-refractivity contribution in [3.8, 4) is 5.75 Å². The first-order valence-electron chi connectivity index (χ1n) is 7.80. The lowest BCUT2D eigenvalue weighted by Crippen LogP contribution is -2.51. The van der Waals surface area contributed by atoms with Gasteiger partial charge in [-0.1, -0.05) is 26.0 Å². The Bertz CT molecular complexity index is 564. The summed E-state index contributed by atoms with van der Waals surface area (Å²) in [5.74, 6) is -0.0466. The highest BCUT2D eigenvalue weighted by molar-refractivity contribution is 5.91. The topological polar surface area (TPSA) is 87.7 Å². The first-order chi connectivity index (χ1) is 10.9. The van der Waals surface area contributed by atoms with E-state index in [9.17, 15) is 9.59 Å². The molecule has 2 rings (SSSR count). The van der Waals surface area contributed by atoms with Crippen molar-refractivity contribution < 1.29 is 19.5 Å². The van der Waals surface area contributed by atoms with Gasteiger partial charge < -0.3 is 10.1 Å². The van der Waals surface area contributed by atoms with Gasteiger partial charge in [-0.15, -0.1) is 0 Å². The van der Waals surface area contributed by atoms with Gasteiger partial charge >= 0.3 is 0 Å². The number of hydrogen-bond acceptors (Lipinski definition) is 4. The molecule has 1 fully saturated rings. The van der Waals surface area contributed by atoms with E-state index in [1.54, 1.807) is 12.6 Å². The van der Waals surface area contributed by atoms with Crippen LogP contribution in [0.25, 0.3) is 0 Å². The molecule has 1 saturated carbocycles. The number of hydroxylamine groups is 1. The zero-order chi connectivity index (χ0) is 17.0. The second-order valence-electron chi connectivity index (χ2n) is 6.48. The van der Waals surface area contributed by atoms with Crippen LogP contribution in [-0.4, -0.2) is 30.2 Å². The highest BCUT2D eigenvalue weighted by atomic mass is 16.5. The summed E-state index contributed by atoms with van der Waals surface area (Å²) in [5.41, 5.74) is 2.23. The van der Waals surface area contributed by atoms with Crippen molar-refractivity contribution in [1.82, 2.24) is 10.8 Å². The molecule has 0 bridgehead atoms. The fourth-order valence-corrected chi connectivity index (χ4v) is 2.67. The van der Waals surface area contributed by atoms with Gasteiger partial charge in [0.2, 0.25) is 5.91 Å². The second-order valence-corrected chi connectivity index (χ2v) is 6.48. The quantitative estimate of drug-likeness (QED) is 0.527. The molecule has 6 nitrogen and oxygen atoms in total. The SMILES string of the molecule is COc1ccc(CC2(C(=O)NC(C(=O)NO)C(C)C)CC2)cc1. The molecule has 1 aliphatic carbocycles. The maximum atomic E-state index is 12.6. The third-order valence-corrected chi connectivity index (χ3v) is 4.38. The van der Waals surface area contributed by atoms with Gasteiger partial charge in [0.25, 0.3) is 5.91 Å². The molecular weight excluding hydrogens is 296 g/mol. The van der Waals surface area contributed by atoms with E-state index in [4.69, 9.17) is 9.94 Å². The predicted molar refractivity (Wildman–Crippen MR) is 85.1 cm³/mol. The average Bonchev–Trinajstić information content (AvgIpc) is 3.33. The lowest BCUT2D eigenvalue weighted by atomic mass is 9.94. The van der Waals surface area contributed by atoms with E-state index in [1.165, 1.54) is 0 Å². The van der Waals surface area contributed by atoms with Crippen molar-refractivity contribution in [3.63, 3.8) is 0 Å². The first kappa shape index (κ1) is 17.3. The maximum absolute atomic E-state index is 12.6. The van der Waals surface area contributed by atoms with E-state index in [2.05, 4.69) is 5.32 Å². The summed E-state index contributed by atoms with van der Waals surface area (Å²) >= 11 is 0. The number of carbonyl (C=O) groups excluding carboxylic acids is 2. The molecule has 1 aromatic rings. The van der Waals surface area contributed by atoms with Gasteiger partial charge in [0.05, 0.1) is 12.5 Å². The molecule has 1 atom stereocenters. The van der Waals surface area contributed by atoms with Crippen LogP contribution < -0.4 is 15.5 Å². The second kappa shape index (κ2) is 7.00. The normalized spacial score (nSPS) is 16.6. The summed E-state index contributed by atoms with van der Waals surface area (Å²) in [6.07, 6.45) is 2.24. The van der Waals surface area contributed by atoms with Gasteiger partial charge in [0.1, 0.15) is 11.8 Å². The number of amides is 2. The molecule has 0 aliphatic heterocycles. The molecule has 0 aromatic heterocycles. The average molecular weight is 320 g/mol. The van der Waals surface area contributed by atoms with Gasteiger partial charge in [0, 0.05) is 0 Å². The molecule has 6 heteroatoms. The number of hydrogen-bond donors (Lipinski definition) is 3. The van der Waals surface area contributed by atoms with E-state index < -0.39 is 17.4 Å². The van der Waals surface area contributed by atoms with E-state index in [-0.39, 0.29) is 11.8 Å². The van der Waals surface area contributed by atoms with Crippen molar-refractivity contribution in [1.29, 1.82) is 0 Å². The van der Waals surface area contributed by atoms with Crippen LogP contribution in [-0.2, 0) is 16.0 Å². The van der Waals surface area contributed by atoms with Crippen LogP contribution >= 0.6 is 0 Å². The third-order valence-electron chi connectivity index (χ3n) is 4.38. The van der Waals surface area contributed by atoms with E-state index in [1.807, 2.05) is 38.1 Å². The summed E-state index contributed by atoms with van der Waals surface area (Å²) in [6.45, 7) is 3.65. The number of carbonyl (C=O) groups is 2. The smallest absolute Gasteiger partial charge is 0.266 e. The number of benzene rings is 1. The van der Waals surface area contributed by atoms with Crippen LogP contribution in [0.3, 0.4) is 0 Å². The Kier molecular flexibility index (Phi) is 5.26. The standard InChI is InChI=1S/C17H24N2O4/c1-11(2)14(15(20)19-22)18-16(21)17(8-9-17)10-12-4-6-13(23-3)7-5-12/h4-7,11,14,22H,8-10H2,1-3H3,(H,18,21)(H,19,20). The summed E-state index contributed by atoms with van der Waals surface area (Å²) in [5, 5.41) is 11.6. The molecule has 3 N–H and O–H groups in total. The van der Waals surface area contributed by atoms with Crippen LogP contribution in [0.4, 0.5) is 0 Å². The highest BCUT2D eigenvalue weighted by Gasteiger charge is 2.50. The monoisotopic (exact) mass is 320 g/mol. The molecule has 1 aromatic carbocycles. The van der Waals surface area contributed by atoms with Gasteiger partial charge in [-0.2, -0.15) is 0 Å².